The number of benzene rings is 1. The second-order valence-electron chi connectivity index (χ2n) is 4.88. The van der Waals surface area contributed by atoms with E-state index >= 15 is 0 Å². The number of hydrogen-bond donors (Lipinski definition) is 2. The molecule has 1 aliphatic carbocycles. The largest absolute Gasteiger partial charge is 0.434 e. The van der Waals surface area contributed by atoms with Crippen molar-refractivity contribution in [3.63, 3.8) is 0 Å². The molecule has 2 unspecified atom stereocenters. The maximum absolute atomic E-state index is 12.2. The van der Waals surface area contributed by atoms with Gasteiger partial charge in [0.05, 0.1) is 6.10 Å². The summed E-state index contributed by atoms with van der Waals surface area (Å²) in [6.07, 6.45) is 2.69. The number of halogens is 2. The highest BCUT2D eigenvalue weighted by Crippen LogP contribution is 2.25. The Morgan fingerprint density at radius 3 is 2.79 bits per heavy atom. The quantitative estimate of drug-likeness (QED) is 0.835. The van der Waals surface area contributed by atoms with Gasteiger partial charge < -0.3 is 15.2 Å². The van der Waals surface area contributed by atoms with E-state index in [0.717, 1.165) is 19.3 Å². The van der Waals surface area contributed by atoms with Gasteiger partial charge in [-0.1, -0.05) is 24.6 Å². The van der Waals surface area contributed by atoms with Crippen LogP contribution in [0.1, 0.15) is 24.8 Å². The highest BCUT2D eigenvalue weighted by Gasteiger charge is 2.24. The molecule has 0 radical (unpaired) electrons. The molecule has 1 saturated carbocycles. The van der Waals surface area contributed by atoms with Gasteiger partial charge in [0.1, 0.15) is 5.75 Å². The zero-order valence-electron chi connectivity index (χ0n) is 10.7. The Bertz CT molecular complexity index is 401. The molecule has 0 bridgehead atoms. The topological polar surface area (TPSA) is 41.5 Å². The van der Waals surface area contributed by atoms with Gasteiger partial charge in [-0.3, -0.25) is 0 Å². The van der Waals surface area contributed by atoms with E-state index in [4.69, 9.17) is 0 Å². The summed E-state index contributed by atoms with van der Waals surface area (Å²) in [5, 5.41) is 12.9. The summed E-state index contributed by atoms with van der Waals surface area (Å²) < 4.78 is 29.0. The molecule has 0 heterocycles. The highest BCUT2D eigenvalue weighted by molar-refractivity contribution is 5.33. The lowest BCUT2D eigenvalue weighted by atomic mass is 10.1. The molecule has 2 N–H and O–H groups in total. The van der Waals surface area contributed by atoms with Gasteiger partial charge >= 0.3 is 6.61 Å². The van der Waals surface area contributed by atoms with Crippen molar-refractivity contribution in [2.45, 2.75) is 38.5 Å². The van der Waals surface area contributed by atoms with Crippen molar-refractivity contribution in [3.8, 4) is 5.75 Å². The molecule has 1 fully saturated rings. The minimum atomic E-state index is -2.81. The highest BCUT2D eigenvalue weighted by atomic mass is 19.3. The number of nitrogens with one attached hydrogen (secondary N) is 1. The molecule has 0 aromatic heterocycles. The van der Waals surface area contributed by atoms with E-state index in [-0.39, 0.29) is 17.8 Å². The van der Waals surface area contributed by atoms with Crippen molar-refractivity contribution in [2.75, 3.05) is 6.54 Å². The molecule has 0 amide bonds. The summed E-state index contributed by atoms with van der Waals surface area (Å²) in [5.41, 5.74) is 0.704. The molecule has 0 spiro atoms. The van der Waals surface area contributed by atoms with Crippen molar-refractivity contribution in [1.82, 2.24) is 5.32 Å². The summed E-state index contributed by atoms with van der Waals surface area (Å²) in [6, 6.07) is 6.76. The minimum absolute atomic E-state index is 0.206. The Hall–Kier alpha value is -1.20. The molecule has 3 nitrogen and oxygen atoms in total. The number of aliphatic hydroxyl groups excluding tert-OH is 1. The summed E-state index contributed by atoms with van der Waals surface area (Å²) in [4.78, 5) is 0. The van der Waals surface area contributed by atoms with Crippen molar-refractivity contribution >= 4 is 0 Å². The van der Waals surface area contributed by atoms with E-state index in [2.05, 4.69) is 10.1 Å². The van der Waals surface area contributed by atoms with E-state index in [1.807, 2.05) is 0 Å². The minimum Gasteiger partial charge on any atom is -0.434 e. The maximum atomic E-state index is 12.2. The lowest BCUT2D eigenvalue weighted by Crippen LogP contribution is -2.27. The first kappa shape index (κ1) is 14.2. The zero-order chi connectivity index (χ0) is 13.7. The fraction of sp³-hybridized carbons (Fsp3) is 0.571. The molecule has 106 valence electrons. The Morgan fingerprint density at radius 1 is 1.32 bits per heavy atom. The molecule has 1 aromatic rings. The van der Waals surface area contributed by atoms with Gasteiger partial charge in [-0.15, -0.1) is 0 Å². The molecule has 19 heavy (non-hydrogen) atoms. The molecule has 0 saturated heterocycles. The standard InChI is InChI=1S/C14H19F2NO2/c15-14(16)19-13-7-2-1-4-11(13)9-17-8-10-5-3-6-12(10)18/h1-2,4,7,10,12,14,17-18H,3,5-6,8-9H2. The molecule has 1 aromatic carbocycles. The van der Waals surface area contributed by atoms with Crippen LogP contribution in [0.25, 0.3) is 0 Å². The molecular formula is C14H19F2NO2. The van der Waals surface area contributed by atoms with Gasteiger partial charge in [-0.25, -0.2) is 0 Å². The van der Waals surface area contributed by atoms with Crippen molar-refractivity contribution in [3.05, 3.63) is 29.8 Å². The molecule has 2 rings (SSSR count). The lowest BCUT2D eigenvalue weighted by molar-refractivity contribution is -0.0505. The second kappa shape index (κ2) is 6.82. The Morgan fingerprint density at radius 2 is 2.11 bits per heavy atom. The third kappa shape index (κ3) is 4.14. The van der Waals surface area contributed by atoms with Crippen LogP contribution in [-0.4, -0.2) is 24.4 Å². The normalized spacial score (nSPS) is 22.9. The van der Waals surface area contributed by atoms with Crippen LogP contribution >= 0.6 is 0 Å². The van der Waals surface area contributed by atoms with Gasteiger partial charge in [0, 0.05) is 18.7 Å². The van der Waals surface area contributed by atoms with Gasteiger partial charge in [-0.05, 0) is 24.8 Å². The van der Waals surface area contributed by atoms with E-state index < -0.39 is 6.61 Å². The third-order valence-corrected chi connectivity index (χ3v) is 3.53. The van der Waals surface area contributed by atoms with Crippen LogP contribution in [0.4, 0.5) is 8.78 Å². The maximum Gasteiger partial charge on any atom is 0.387 e. The number of hydrogen-bond acceptors (Lipinski definition) is 3. The zero-order valence-corrected chi connectivity index (χ0v) is 10.7. The van der Waals surface area contributed by atoms with Crippen LogP contribution in [0.5, 0.6) is 5.75 Å². The number of para-hydroxylation sites is 1. The van der Waals surface area contributed by atoms with Crippen LogP contribution in [0.2, 0.25) is 0 Å². The van der Waals surface area contributed by atoms with Crippen LogP contribution in [0, 0.1) is 5.92 Å². The Kier molecular flexibility index (Phi) is 5.10. The molecular weight excluding hydrogens is 252 g/mol. The summed E-state index contributed by atoms with van der Waals surface area (Å²) in [6.45, 7) is -1.64. The summed E-state index contributed by atoms with van der Waals surface area (Å²) >= 11 is 0. The molecule has 1 aliphatic rings. The molecule has 0 aliphatic heterocycles. The van der Waals surface area contributed by atoms with E-state index in [9.17, 15) is 13.9 Å². The molecule has 5 heteroatoms. The predicted molar refractivity (Wildman–Crippen MR) is 68.1 cm³/mol. The van der Waals surface area contributed by atoms with Crippen molar-refractivity contribution in [1.29, 1.82) is 0 Å². The summed E-state index contributed by atoms with van der Waals surface area (Å²) in [7, 11) is 0. The van der Waals surface area contributed by atoms with Gasteiger partial charge in [0.15, 0.2) is 0 Å². The van der Waals surface area contributed by atoms with E-state index in [1.165, 1.54) is 6.07 Å². The average molecular weight is 271 g/mol. The Labute approximate surface area is 111 Å². The average Bonchev–Trinajstić information content (AvgIpc) is 2.77. The monoisotopic (exact) mass is 271 g/mol. The first-order valence-electron chi connectivity index (χ1n) is 6.58. The molecule has 2 atom stereocenters. The number of rotatable bonds is 6. The van der Waals surface area contributed by atoms with E-state index in [1.54, 1.807) is 18.2 Å². The van der Waals surface area contributed by atoms with Gasteiger partial charge in [0.2, 0.25) is 0 Å². The number of ether oxygens (including phenoxy) is 1. The smallest absolute Gasteiger partial charge is 0.387 e. The number of alkyl halides is 2. The van der Waals surface area contributed by atoms with Gasteiger partial charge in [-0.2, -0.15) is 8.78 Å². The lowest BCUT2D eigenvalue weighted by Gasteiger charge is -2.16. The van der Waals surface area contributed by atoms with Crippen LogP contribution in [0.15, 0.2) is 24.3 Å². The van der Waals surface area contributed by atoms with Crippen LogP contribution in [0.3, 0.4) is 0 Å². The predicted octanol–water partition coefficient (Wildman–Crippen LogP) is 2.54. The van der Waals surface area contributed by atoms with E-state index in [0.29, 0.717) is 18.7 Å². The van der Waals surface area contributed by atoms with Gasteiger partial charge in [0.25, 0.3) is 0 Å². The fourth-order valence-electron chi connectivity index (χ4n) is 2.51. The first-order valence-corrected chi connectivity index (χ1v) is 6.58. The second-order valence-corrected chi connectivity index (χ2v) is 4.88. The Balaban J connectivity index is 1.85. The number of aliphatic hydroxyl groups is 1. The first-order chi connectivity index (χ1) is 9.16. The van der Waals surface area contributed by atoms with Crippen LogP contribution in [-0.2, 0) is 6.54 Å². The van der Waals surface area contributed by atoms with Crippen molar-refractivity contribution < 1.29 is 18.6 Å². The summed E-state index contributed by atoms with van der Waals surface area (Å²) in [5.74, 6) is 0.472. The third-order valence-electron chi connectivity index (χ3n) is 3.53. The fourth-order valence-corrected chi connectivity index (χ4v) is 2.51. The van der Waals surface area contributed by atoms with Crippen LogP contribution < -0.4 is 10.1 Å². The SMILES string of the molecule is OC1CCCC1CNCc1ccccc1OC(F)F. The van der Waals surface area contributed by atoms with Crippen molar-refractivity contribution in [2.24, 2.45) is 5.92 Å².